The second-order valence-electron chi connectivity index (χ2n) is 11.2. The van der Waals surface area contributed by atoms with Gasteiger partial charge in [-0.05, 0) is 47.2 Å². The fourth-order valence-electron chi connectivity index (χ4n) is 6.27. The van der Waals surface area contributed by atoms with Gasteiger partial charge in [-0.25, -0.2) is 9.59 Å². The fourth-order valence-corrected chi connectivity index (χ4v) is 6.27. The molecule has 1 aliphatic carbocycles. The second-order valence-corrected chi connectivity index (χ2v) is 11.2. The van der Waals surface area contributed by atoms with Crippen molar-refractivity contribution in [2.45, 2.75) is 57.5 Å². The van der Waals surface area contributed by atoms with Crippen LogP contribution in [0.1, 0.15) is 56.0 Å². The van der Waals surface area contributed by atoms with Crippen LogP contribution in [-0.2, 0) is 19.1 Å². The average molecular weight is 587 g/mol. The molecule has 5 rings (SSSR count). The van der Waals surface area contributed by atoms with Crippen LogP contribution in [0.4, 0.5) is 4.79 Å². The van der Waals surface area contributed by atoms with Crippen LogP contribution >= 0.6 is 0 Å². The summed E-state index contributed by atoms with van der Waals surface area (Å²) in [5.74, 6) is -1.49. The number of aliphatic carboxylic acids is 1. The van der Waals surface area contributed by atoms with Crippen molar-refractivity contribution in [1.29, 1.82) is 0 Å². The quantitative estimate of drug-likeness (QED) is 0.343. The first-order chi connectivity index (χ1) is 20.7. The minimum Gasteiger partial charge on any atom is -0.497 e. The van der Waals surface area contributed by atoms with Gasteiger partial charge in [-0.3, -0.25) is 14.6 Å². The standard InChI is InChI=1S/C34H38N2O7/c1-6-20(2)29(31(37)36-30(33(38)39)21(3)43-32(36)22-15-17-23(41-5)18-16-22)35(4)34(40)42-19-28-26-13-9-7-11-24(26)25-12-8-10-14-27(25)28/h7-18,20-21,28-30,32H,6,19H2,1-5H3,(H,38,39)/t20-,21+,29-,30-,32-/m0/s1. The molecule has 1 aliphatic heterocycles. The van der Waals surface area contributed by atoms with Gasteiger partial charge < -0.3 is 19.3 Å². The Labute approximate surface area is 252 Å². The Bertz CT molecular complexity index is 1440. The maximum atomic E-state index is 14.4. The Morgan fingerprint density at radius 3 is 2.09 bits per heavy atom. The van der Waals surface area contributed by atoms with Gasteiger partial charge in [0.05, 0.1) is 13.2 Å². The van der Waals surface area contributed by atoms with Crippen LogP contribution in [0.15, 0.2) is 72.8 Å². The predicted octanol–water partition coefficient (Wildman–Crippen LogP) is 5.69. The van der Waals surface area contributed by atoms with Gasteiger partial charge in [0.25, 0.3) is 0 Å². The third-order valence-electron chi connectivity index (χ3n) is 8.73. The molecule has 1 heterocycles. The largest absolute Gasteiger partial charge is 0.497 e. The molecule has 0 bridgehead atoms. The summed E-state index contributed by atoms with van der Waals surface area (Å²) in [4.78, 5) is 42.9. The van der Waals surface area contributed by atoms with Crippen molar-refractivity contribution in [2.75, 3.05) is 20.8 Å². The van der Waals surface area contributed by atoms with Gasteiger partial charge >= 0.3 is 12.1 Å². The van der Waals surface area contributed by atoms with E-state index in [-0.39, 0.29) is 18.4 Å². The van der Waals surface area contributed by atoms with Crippen molar-refractivity contribution >= 4 is 18.0 Å². The molecule has 1 saturated heterocycles. The molecular weight excluding hydrogens is 548 g/mol. The van der Waals surface area contributed by atoms with Crippen LogP contribution in [-0.4, -0.2) is 71.8 Å². The molecule has 9 heteroatoms. The van der Waals surface area contributed by atoms with Crippen molar-refractivity contribution in [3.8, 4) is 16.9 Å². The van der Waals surface area contributed by atoms with Crippen LogP contribution in [0.25, 0.3) is 11.1 Å². The van der Waals surface area contributed by atoms with Gasteiger partial charge in [-0.15, -0.1) is 0 Å². The molecule has 0 spiro atoms. The summed E-state index contributed by atoms with van der Waals surface area (Å²) in [5, 5.41) is 10.1. The van der Waals surface area contributed by atoms with Crippen LogP contribution < -0.4 is 4.74 Å². The first-order valence-electron chi connectivity index (χ1n) is 14.6. The van der Waals surface area contributed by atoms with E-state index >= 15 is 0 Å². The summed E-state index contributed by atoms with van der Waals surface area (Å²) in [6, 6.07) is 20.9. The predicted molar refractivity (Wildman–Crippen MR) is 161 cm³/mol. The normalized spacial score (nSPS) is 20.6. The number of carboxylic acids is 1. The molecule has 1 N–H and O–H groups in total. The number of hydrogen-bond acceptors (Lipinski definition) is 6. The first kappa shape index (κ1) is 30.1. The fraction of sp³-hybridized carbons (Fsp3) is 0.382. The highest BCUT2D eigenvalue weighted by atomic mass is 16.6. The van der Waals surface area contributed by atoms with E-state index in [0.29, 0.717) is 17.7 Å². The lowest BCUT2D eigenvalue weighted by Gasteiger charge is -2.36. The van der Waals surface area contributed by atoms with Gasteiger partial charge in [0.15, 0.2) is 12.3 Å². The number of carbonyl (C=O) groups is 3. The highest BCUT2D eigenvalue weighted by Gasteiger charge is 2.51. The third kappa shape index (κ3) is 5.57. The zero-order valence-corrected chi connectivity index (χ0v) is 25.1. The Balaban J connectivity index is 1.40. The van der Waals surface area contributed by atoms with E-state index in [1.807, 2.05) is 50.2 Å². The first-order valence-corrected chi connectivity index (χ1v) is 14.6. The Kier molecular flexibility index (Phi) is 8.73. The Morgan fingerprint density at radius 2 is 1.56 bits per heavy atom. The molecule has 0 radical (unpaired) electrons. The summed E-state index contributed by atoms with van der Waals surface area (Å²) >= 11 is 0. The van der Waals surface area contributed by atoms with Gasteiger partial charge in [0, 0.05) is 18.5 Å². The minimum absolute atomic E-state index is 0.106. The third-order valence-corrected chi connectivity index (χ3v) is 8.73. The molecule has 226 valence electrons. The molecule has 9 nitrogen and oxygen atoms in total. The van der Waals surface area contributed by atoms with Crippen molar-refractivity contribution in [2.24, 2.45) is 5.92 Å². The molecule has 43 heavy (non-hydrogen) atoms. The zero-order valence-electron chi connectivity index (χ0n) is 25.1. The second kappa shape index (κ2) is 12.5. The van der Waals surface area contributed by atoms with Crippen molar-refractivity contribution in [3.05, 3.63) is 89.5 Å². The van der Waals surface area contributed by atoms with E-state index < -0.39 is 42.4 Å². The van der Waals surface area contributed by atoms with Gasteiger partial charge in [-0.1, -0.05) is 80.9 Å². The van der Waals surface area contributed by atoms with Crippen LogP contribution in [0.2, 0.25) is 0 Å². The maximum Gasteiger partial charge on any atom is 0.410 e. The lowest BCUT2D eigenvalue weighted by Crippen LogP contribution is -2.56. The number of methoxy groups -OCH3 is 1. The smallest absolute Gasteiger partial charge is 0.410 e. The van der Waals surface area contributed by atoms with Crippen LogP contribution in [0.3, 0.4) is 0 Å². The molecule has 2 amide bonds. The van der Waals surface area contributed by atoms with Crippen LogP contribution in [0.5, 0.6) is 5.75 Å². The number of carboxylic acid groups (broad SMARTS) is 1. The lowest BCUT2D eigenvalue weighted by molar-refractivity contribution is -0.154. The molecule has 1 fully saturated rings. The molecule has 0 saturated carbocycles. The number of ether oxygens (including phenoxy) is 3. The number of nitrogens with zero attached hydrogens (tertiary/aromatic N) is 2. The number of fused-ring (bicyclic) bond motifs is 3. The van der Waals surface area contributed by atoms with Gasteiger partial charge in [0.1, 0.15) is 18.4 Å². The van der Waals surface area contributed by atoms with E-state index in [0.717, 1.165) is 22.3 Å². The van der Waals surface area contributed by atoms with E-state index in [1.165, 1.54) is 16.8 Å². The number of benzene rings is 3. The maximum absolute atomic E-state index is 14.4. The highest BCUT2D eigenvalue weighted by molar-refractivity contribution is 5.90. The molecule has 2 aliphatic rings. The molecule has 3 aromatic rings. The topological polar surface area (TPSA) is 106 Å². The minimum atomic E-state index is -1.23. The zero-order chi connectivity index (χ0) is 30.8. The summed E-state index contributed by atoms with van der Waals surface area (Å²) in [7, 11) is 3.08. The van der Waals surface area contributed by atoms with E-state index in [1.54, 1.807) is 38.3 Å². The number of amides is 2. The summed E-state index contributed by atoms with van der Waals surface area (Å²) in [6.45, 7) is 5.54. The lowest BCUT2D eigenvalue weighted by atomic mass is 9.95. The Morgan fingerprint density at radius 1 is 0.977 bits per heavy atom. The molecular formula is C34H38N2O7. The van der Waals surface area contributed by atoms with Gasteiger partial charge in [0.2, 0.25) is 5.91 Å². The van der Waals surface area contributed by atoms with Crippen molar-refractivity contribution in [1.82, 2.24) is 9.80 Å². The summed E-state index contributed by atoms with van der Waals surface area (Å²) < 4.78 is 17.2. The van der Waals surface area contributed by atoms with Crippen molar-refractivity contribution < 1.29 is 33.7 Å². The number of carbonyl (C=O) groups excluding carboxylic acids is 2. The number of likely N-dealkylation sites (N-methyl/N-ethyl adjacent to an activating group) is 1. The van der Waals surface area contributed by atoms with Crippen LogP contribution in [0, 0.1) is 5.92 Å². The molecule has 3 aromatic carbocycles. The molecule has 5 atom stereocenters. The monoisotopic (exact) mass is 586 g/mol. The average Bonchev–Trinajstić information content (AvgIpc) is 3.54. The summed E-state index contributed by atoms with van der Waals surface area (Å²) in [6.07, 6.45) is -1.79. The summed E-state index contributed by atoms with van der Waals surface area (Å²) in [5.41, 5.74) is 5.02. The van der Waals surface area contributed by atoms with Gasteiger partial charge in [-0.2, -0.15) is 0 Å². The number of hydrogen-bond donors (Lipinski definition) is 1. The highest BCUT2D eigenvalue weighted by Crippen LogP contribution is 2.44. The van der Waals surface area contributed by atoms with E-state index in [2.05, 4.69) is 12.1 Å². The van der Waals surface area contributed by atoms with E-state index in [4.69, 9.17) is 14.2 Å². The van der Waals surface area contributed by atoms with E-state index in [9.17, 15) is 19.5 Å². The molecule has 0 aromatic heterocycles. The molecule has 0 unspecified atom stereocenters. The number of rotatable bonds is 9. The van der Waals surface area contributed by atoms with Crippen molar-refractivity contribution in [3.63, 3.8) is 0 Å². The SMILES string of the molecule is CC[C@H](C)[C@@H](C(=O)N1[C@H](C(=O)O)[C@@H](C)O[C@H]1c1ccc(OC)cc1)N(C)C(=O)OCC1c2ccccc2-c2ccccc21. The Hall–Kier alpha value is -4.37.